The molecular formula is C24H35N5O. The molecule has 1 aliphatic rings. The Morgan fingerprint density at radius 3 is 2.47 bits per heavy atom. The molecule has 1 fully saturated rings. The fraction of sp³-hybridized carbons (Fsp3) is 0.458. The third-order valence-electron chi connectivity index (χ3n) is 5.66. The van der Waals surface area contributed by atoms with Crippen LogP contribution in [0.25, 0.3) is 0 Å². The molecular weight excluding hydrogens is 374 g/mol. The van der Waals surface area contributed by atoms with Crippen LogP contribution in [0.5, 0.6) is 5.75 Å². The first-order chi connectivity index (χ1) is 14.6. The largest absolute Gasteiger partial charge is 0.497 e. The first-order valence-electron chi connectivity index (χ1n) is 10.7. The Labute approximate surface area is 180 Å². The fourth-order valence-corrected chi connectivity index (χ4v) is 3.87. The monoisotopic (exact) mass is 409 g/mol. The molecule has 0 aromatic heterocycles. The van der Waals surface area contributed by atoms with Gasteiger partial charge in [0.05, 0.1) is 13.2 Å². The number of aliphatic imine (C=N–C) groups is 1. The van der Waals surface area contributed by atoms with E-state index in [0.29, 0.717) is 6.04 Å². The second kappa shape index (κ2) is 10.9. The van der Waals surface area contributed by atoms with Crippen LogP contribution in [-0.2, 0) is 6.54 Å². The molecule has 2 aromatic rings. The molecule has 2 N–H and O–H groups in total. The molecule has 0 spiro atoms. The molecule has 6 nitrogen and oxygen atoms in total. The Hall–Kier alpha value is -2.73. The van der Waals surface area contributed by atoms with E-state index in [1.54, 1.807) is 7.11 Å². The summed E-state index contributed by atoms with van der Waals surface area (Å²) in [4.78, 5) is 9.07. The van der Waals surface area contributed by atoms with Crippen molar-refractivity contribution >= 4 is 11.6 Å². The lowest BCUT2D eigenvalue weighted by molar-refractivity contribution is 0.245. The molecule has 162 valence electrons. The molecule has 6 heteroatoms. The summed E-state index contributed by atoms with van der Waals surface area (Å²) in [7, 11) is 7.65. The van der Waals surface area contributed by atoms with Gasteiger partial charge in [-0.15, -0.1) is 0 Å². The summed E-state index contributed by atoms with van der Waals surface area (Å²) in [6, 6.07) is 17.3. The Bertz CT molecular complexity index is 813. The van der Waals surface area contributed by atoms with Crippen LogP contribution in [0, 0.1) is 0 Å². The van der Waals surface area contributed by atoms with Gasteiger partial charge in [0.1, 0.15) is 5.75 Å². The van der Waals surface area contributed by atoms with Crippen molar-refractivity contribution in [1.29, 1.82) is 0 Å². The molecule has 30 heavy (non-hydrogen) atoms. The zero-order valence-electron chi connectivity index (χ0n) is 18.7. The lowest BCUT2D eigenvalue weighted by atomic mass is 10.1. The Morgan fingerprint density at radius 1 is 1.10 bits per heavy atom. The highest BCUT2D eigenvalue weighted by Gasteiger charge is 2.24. The number of nitrogens with one attached hydrogen (secondary N) is 2. The molecule has 1 atom stereocenters. The zero-order valence-corrected chi connectivity index (χ0v) is 18.7. The summed E-state index contributed by atoms with van der Waals surface area (Å²) in [6.45, 7) is 3.80. The van der Waals surface area contributed by atoms with E-state index in [1.807, 2.05) is 13.1 Å². The third-order valence-corrected chi connectivity index (χ3v) is 5.66. The average molecular weight is 410 g/mol. The van der Waals surface area contributed by atoms with Gasteiger partial charge >= 0.3 is 0 Å². The highest BCUT2D eigenvalue weighted by molar-refractivity contribution is 5.79. The molecule has 1 heterocycles. The number of benzene rings is 2. The van der Waals surface area contributed by atoms with Crippen LogP contribution in [-0.4, -0.2) is 58.7 Å². The van der Waals surface area contributed by atoms with Crippen LogP contribution >= 0.6 is 0 Å². The second-order valence-corrected chi connectivity index (χ2v) is 7.90. The van der Waals surface area contributed by atoms with E-state index < -0.39 is 0 Å². The maximum Gasteiger partial charge on any atom is 0.191 e. The second-order valence-electron chi connectivity index (χ2n) is 7.90. The molecule has 1 unspecified atom stereocenters. The summed E-state index contributed by atoms with van der Waals surface area (Å²) in [6.07, 6.45) is 2.52. The van der Waals surface area contributed by atoms with Crippen molar-refractivity contribution in [3.63, 3.8) is 0 Å². The topological polar surface area (TPSA) is 52.1 Å². The summed E-state index contributed by atoms with van der Waals surface area (Å²) in [5.41, 5.74) is 3.71. The Balaban J connectivity index is 1.61. The molecule has 2 aromatic carbocycles. The van der Waals surface area contributed by atoms with Crippen molar-refractivity contribution in [3.8, 4) is 5.75 Å². The Kier molecular flexibility index (Phi) is 7.97. The number of hydrogen-bond donors (Lipinski definition) is 2. The fourth-order valence-electron chi connectivity index (χ4n) is 3.87. The van der Waals surface area contributed by atoms with Gasteiger partial charge in [0.2, 0.25) is 0 Å². The minimum Gasteiger partial charge on any atom is -0.497 e. The predicted molar refractivity (Wildman–Crippen MR) is 126 cm³/mol. The number of rotatable bonds is 8. The number of nitrogens with zero attached hydrogens (tertiary/aromatic N) is 3. The maximum absolute atomic E-state index is 5.45. The number of anilines is 1. The molecule has 3 rings (SSSR count). The highest BCUT2D eigenvalue weighted by Crippen LogP contribution is 2.27. The minimum atomic E-state index is 0.292. The maximum atomic E-state index is 5.45. The number of ether oxygens (including phenoxy) is 1. The minimum absolute atomic E-state index is 0.292. The van der Waals surface area contributed by atoms with E-state index in [9.17, 15) is 0 Å². The summed E-state index contributed by atoms with van der Waals surface area (Å²) in [5.74, 6) is 1.72. The zero-order chi connectivity index (χ0) is 21.3. The lowest BCUT2D eigenvalue weighted by Crippen LogP contribution is -2.42. The van der Waals surface area contributed by atoms with Gasteiger partial charge in [0.25, 0.3) is 0 Å². The van der Waals surface area contributed by atoms with Gasteiger partial charge in [0, 0.05) is 39.9 Å². The van der Waals surface area contributed by atoms with Crippen molar-refractivity contribution in [2.75, 3.05) is 52.8 Å². The van der Waals surface area contributed by atoms with Crippen molar-refractivity contribution in [3.05, 3.63) is 59.7 Å². The molecule has 0 radical (unpaired) electrons. The number of guanidine groups is 1. The Morgan fingerprint density at radius 2 is 1.83 bits per heavy atom. The molecule has 0 saturated carbocycles. The first kappa shape index (κ1) is 22.0. The van der Waals surface area contributed by atoms with Gasteiger partial charge in [-0.1, -0.05) is 24.3 Å². The number of methoxy groups -OCH3 is 1. The van der Waals surface area contributed by atoms with Gasteiger partial charge in [-0.2, -0.15) is 0 Å². The van der Waals surface area contributed by atoms with Crippen LogP contribution in [0.4, 0.5) is 5.69 Å². The standard InChI is InChI=1S/C24H35N5O/c1-25-24(26-17-19-10-12-21(13-11-19)28(2)3)27-18-23(29-14-5-6-15-29)20-8-7-9-22(16-20)30-4/h7-13,16,23H,5-6,14-15,17-18H2,1-4H3,(H2,25,26,27). The normalized spacial score (nSPS) is 15.7. The van der Waals surface area contributed by atoms with E-state index in [1.165, 1.54) is 29.7 Å². The predicted octanol–water partition coefficient (Wildman–Crippen LogP) is 3.26. The quantitative estimate of drug-likeness (QED) is 0.518. The van der Waals surface area contributed by atoms with Gasteiger partial charge < -0.3 is 20.3 Å². The van der Waals surface area contributed by atoms with Crippen molar-refractivity contribution in [1.82, 2.24) is 15.5 Å². The lowest BCUT2D eigenvalue weighted by Gasteiger charge is -2.29. The van der Waals surface area contributed by atoms with Crippen LogP contribution in [0.1, 0.15) is 30.0 Å². The van der Waals surface area contributed by atoms with Crippen LogP contribution < -0.4 is 20.3 Å². The van der Waals surface area contributed by atoms with E-state index >= 15 is 0 Å². The van der Waals surface area contributed by atoms with E-state index in [-0.39, 0.29) is 0 Å². The first-order valence-corrected chi connectivity index (χ1v) is 10.7. The molecule has 0 aliphatic carbocycles. The van der Waals surface area contributed by atoms with E-state index in [0.717, 1.165) is 37.9 Å². The summed E-state index contributed by atoms with van der Waals surface area (Å²) >= 11 is 0. The summed E-state index contributed by atoms with van der Waals surface area (Å²) in [5, 5.41) is 6.97. The number of hydrogen-bond acceptors (Lipinski definition) is 4. The van der Waals surface area contributed by atoms with Crippen LogP contribution in [0.2, 0.25) is 0 Å². The third kappa shape index (κ3) is 5.89. The van der Waals surface area contributed by atoms with E-state index in [4.69, 9.17) is 4.74 Å². The summed E-state index contributed by atoms with van der Waals surface area (Å²) < 4.78 is 5.45. The molecule has 1 aliphatic heterocycles. The van der Waals surface area contributed by atoms with Gasteiger partial charge in [-0.05, 0) is 61.3 Å². The van der Waals surface area contributed by atoms with Crippen molar-refractivity contribution < 1.29 is 4.74 Å². The van der Waals surface area contributed by atoms with Crippen molar-refractivity contribution in [2.24, 2.45) is 4.99 Å². The van der Waals surface area contributed by atoms with Crippen LogP contribution in [0.3, 0.4) is 0 Å². The molecule has 0 bridgehead atoms. The van der Waals surface area contributed by atoms with Crippen LogP contribution in [0.15, 0.2) is 53.5 Å². The van der Waals surface area contributed by atoms with Gasteiger partial charge in [0.15, 0.2) is 5.96 Å². The molecule has 1 saturated heterocycles. The van der Waals surface area contributed by atoms with Gasteiger partial charge in [-0.25, -0.2) is 0 Å². The van der Waals surface area contributed by atoms with Crippen molar-refractivity contribution in [2.45, 2.75) is 25.4 Å². The molecule has 0 amide bonds. The smallest absolute Gasteiger partial charge is 0.191 e. The average Bonchev–Trinajstić information content (AvgIpc) is 3.31. The van der Waals surface area contributed by atoms with E-state index in [2.05, 4.69) is 82.0 Å². The SMILES string of the molecule is CN=C(NCc1ccc(N(C)C)cc1)NCC(c1cccc(OC)c1)N1CCCC1. The van der Waals surface area contributed by atoms with Gasteiger partial charge in [-0.3, -0.25) is 9.89 Å². The highest BCUT2D eigenvalue weighted by atomic mass is 16.5. The number of likely N-dealkylation sites (tertiary alicyclic amines) is 1.